The van der Waals surface area contributed by atoms with E-state index in [0.717, 1.165) is 24.2 Å². The van der Waals surface area contributed by atoms with Crippen molar-refractivity contribution in [2.75, 3.05) is 7.05 Å². The number of hydrogen-bond donors (Lipinski definition) is 0. The van der Waals surface area contributed by atoms with Crippen molar-refractivity contribution in [1.29, 1.82) is 0 Å². The summed E-state index contributed by atoms with van der Waals surface area (Å²) in [6.07, 6.45) is 0. The molecule has 4 heteroatoms. The van der Waals surface area contributed by atoms with Crippen LogP contribution in [0, 0.1) is 10.8 Å². The lowest BCUT2D eigenvalue weighted by molar-refractivity contribution is 0.0852. The van der Waals surface area contributed by atoms with Gasteiger partial charge in [0.25, 0.3) is 0 Å². The summed E-state index contributed by atoms with van der Waals surface area (Å²) in [5, 5.41) is 0. The number of carbonyl (C=O) groups excluding carboxylic acids is 2. The fraction of sp³-hybridized carbons (Fsp3) is 0.440. The Kier molecular flexibility index (Phi) is 8.37. The molecule has 2 aromatic carbocycles. The number of hydrogen-bond acceptors (Lipinski definition) is 3. The third-order valence-electron chi connectivity index (χ3n) is 4.70. The SMILES string of the molecule is CN(Cc1ccc(C(=O)C(C)(C)C)cc1)Cc1ccc(C(=O)C(C)(C)C)cc1.Cl. The summed E-state index contributed by atoms with van der Waals surface area (Å²) in [7, 11) is 2.07. The Morgan fingerprint density at radius 1 is 0.655 bits per heavy atom. The predicted molar refractivity (Wildman–Crippen MR) is 123 cm³/mol. The van der Waals surface area contributed by atoms with Gasteiger partial charge in [0.2, 0.25) is 0 Å². The van der Waals surface area contributed by atoms with Crippen LogP contribution in [0.3, 0.4) is 0 Å². The molecule has 0 aromatic heterocycles. The van der Waals surface area contributed by atoms with Crippen molar-refractivity contribution in [3.8, 4) is 0 Å². The molecule has 3 nitrogen and oxygen atoms in total. The van der Waals surface area contributed by atoms with Crippen molar-refractivity contribution in [3.63, 3.8) is 0 Å². The molecule has 2 rings (SSSR count). The van der Waals surface area contributed by atoms with Gasteiger partial charge in [-0.2, -0.15) is 0 Å². The van der Waals surface area contributed by atoms with E-state index >= 15 is 0 Å². The average molecular weight is 416 g/mol. The fourth-order valence-corrected chi connectivity index (χ4v) is 3.07. The molecular formula is C25H34ClNO2. The first kappa shape index (κ1) is 25.1. The fourth-order valence-electron chi connectivity index (χ4n) is 3.07. The summed E-state index contributed by atoms with van der Waals surface area (Å²) < 4.78 is 0. The Morgan fingerprint density at radius 2 is 0.931 bits per heavy atom. The lowest BCUT2D eigenvalue weighted by Gasteiger charge is -2.19. The number of nitrogens with zero attached hydrogens (tertiary/aromatic N) is 1. The van der Waals surface area contributed by atoms with Crippen LogP contribution in [0.15, 0.2) is 48.5 Å². The van der Waals surface area contributed by atoms with Gasteiger partial charge in [-0.3, -0.25) is 14.5 Å². The number of carbonyl (C=O) groups is 2. The third-order valence-corrected chi connectivity index (χ3v) is 4.70. The van der Waals surface area contributed by atoms with Crippen LogP contribution in [0.5, 0.6) is 0 Å². The van der Waals surface area contributed by atoms with Gasteiger partial charge in [-0.1, -0.05) is 90.1 Å². The third kappa shape index (κ3) is 7.09. The van der Waals surface area contributed by atoms with E-state index in [1.807, 2.05) is 90.1 Å². The van der Waals surface area contributed by atoms with Gasteiger partial charge in [0.05, 0.1) is 0 Å². The monoisotopic (exact) mass is 415 g/mol. The molecule has 0 bridgehead atoms. The standard InChI is InChI=1S/C25H33NO2.ClH/c1-24(2,3)22(27)20-12-8-18(9-13-20)16-26(7)17-19-10-14-21(15-11-19)23(28)25(4,5)6;/h8-15H,16-17H2,1-7H3;1H. The van der Waals surface area contributed by atoms with Gasteiger partial charge >= 0.3 is 0 Å². The Hall–Kier alpha value is -1.97. The van der Waals surface area contributed by atoms with Crippen molar-refractivity contribution in [2.45, 2.75) is 54.6 Å². The van der Waals surface area contributed by atoms with Gasteiger partial charge in [0.15, 0.2) is 11.6 Å². The summed E-state index contributed by atoms with van der Waals surface area (Å²) >= 11 is 0. The minimum atomic E-state index is -0.362. The van der Waals surface area contributed by atoms with Gasteiger partial charge in [-0.05, 0) is 18.2 Å². The summed E-state index contributed by atoms with van der Waals surface area (Å²) in [5.41, 5.74) is 3.15. The van der Waals surface area contributed by atoms with Crippen LogP contribution in [0.2, 0.25) is 0 Å². The Bertz CT molecular complexity index is 754. The van der Waals surface area contributed by atoms with Crippen LogP contribution >= 0.6 is 12.4 Å². The average Bonchev–Trinajstić information content (AvgIpc) is 2.60. The molecule has 0 saturated carbocycles. The van der Waals surface area contributed by atoms with Crippen LogP contribution in [0.1, 0.15) is 73.4 Å². The molecule has 0 radical (unpaired) electrons. The smallest absolute Gasteiger partial charge is 0.168 e. The maximum atomic E-state index is 12.3. The topological polar surface area (TPSA) is 37.4 Å². The molecule has 0 atom stereocenters. The number of benzene rings is 2. The van der Waals surface area contributed by atoms with E-state index < -0.39 is 0 Å². The van der Waals surface area contributed by atoms with Crippen molar-refractivity contribution in [2.24, 2.45) is 10.8 Å². The Morgan fingerprint density at radius 3 is 1.17 bits per heavy atom. The second kappa shape index (κ2) is 9.69. The normalized spacial score (nSPS) is 11.9. The van der Waals surface area contributed by atoms with Crippen molar-refractivity contribution >= 4 is 24.0 Å². The van der Waals surface area contributed by atoms with Gasteiger partial charge in [-0.15, -0.1) is 12.4 Å². The van der Waals surface area contributed by atoms with Crippen LogP contribution < -0.4 is 0 Å². The molecule has 0 aliphatic rings. The molecule has 0 spiro atoms. The van der Waals surface area contributed by atoms with E-state index in [1.165, 1.54) is 11.1 Å². The molecule has 0 aliphatic carbocycles. The molecular weight excluding hydrogens is 382 g/mol. The van der Waals surface area contributed by atoms with E-state index in [9.17, 15) is 9.59 Å². The summed E-state index contributed by atoms with van der Waals surface area (Å²) in [6, 6.07) is 15.8. The zero-order valence-electron chi connectivity index (χ0n) is 18.7. The number of ketones is 2. The molecule has 0 aliphatic heterocycles. The maximum Gasteiger partial charge on any atom is 0.168 e. The highest BCUT2D eigenvalue weighted by Gasteiger charge is 2.23. The quantitative estimate of drug-likeness (QED) is 0.527. The lowest BCUT2D eigenvalue weighted by Crippen LogP contribution is -2.21. The minimum absolute atomic E-state index is 0. The summed E-state index contributed by atoms with van der Waals surface area (Å²) in [5.74, 6) is 0.328. The van der Waals surface area contributed by atoms with Gasteiger partial charge in [-0.25, -0.2) is 0 Å². The second-order valence-electron chi connectivity index (χ2n) is 9.72. The van der Waals surface area contributed by atoms with Gasteiger partial charge < -0.3 is 0 Å². The summed E-state index contributed by atoms with van der Waals surface area (Å²) in [4.78, 5) is 26.9. The van der Waals surface area contributed by atoms with Crippen LogP contribution in [0.4, 0.5) is 0 Å². The molecule has 0 N–H and O–H groups in total. The van der Waals surface area contributed by atoms with E-state index in [-0.39, 0.29) is 34.8 Å². The van der Waals surface area contributed by atoms with Crippen LogP contribution in [-0.4, -0.2) is 23.5 Å². The van der Waals surface area contributed by atoms with Crippen LogP contribution in [-0.2, 0) is 13.1 Å². The number of rotatable bonds is 6. The highest BCUT2D eigenvalue weighted by Crippen LogP contribution is 2.22. The lowest BCUT2D eigenvalue weighted by atomic mass is 9.86. The zero-order valence-corrected chi connectivity index (χ0v) is 19.5. The zero-order chi connectivity index (χ0) is 21.1. The van der Waals surface area contributed by atoms with Crippen molar-refractivity contribution in [3.05, 3.63) is 70.8 Å². The van der Waals surface area contributed by atoms with E-state index in [2.05, 4.69) is 11.9 Å². The first-order valence-electron chi connectivity index (χ1n) is 9.84. The Balaban J connectivity index is 0.00000420. The number of Topliss-reactive ketones (excluding diaryl/α,β-unsaturated/α-hetero) is 2. The first-order chi connectivity index (χ1) is 12.9. The van der Waals surface area contributed by atoms with Crippen LogP contribution in [0.25, 0.3) is 0 Å². The van der Waals surface area contributed by atoms with E-state index in [0.29, 0.717) is 0 Å². The highest BCUT2D eigenvalue weighted by molar-refractivity contribution is 6.00. The summed E-state index contributed by atoms with van der Waals surface area (Å²) in [6.45, 7) is 13.2. The molecule has 2 aromatic rings. The molecule has 0 amide bonds. The van der Waals surface area contributed by atoms with Gasteiger partial charge in [0.1, 0.15) is 0 Å². The van der Waals surface area contributed by atoms with E-state index in [4.69, 9.17) is 0 Å². The molecule has 0 unspecified atom stereocenters. The molecule has 0 heterocycles. The molecule has 29 heavy (non-hydrogen) atoms. The minimum Gasteiger partial charge on any atom is -0.298 e. The van der Waals surface area contributed by atoms with Gasteiger partial charge in [0, 0.05) is 35.0 Å². The highest BCUT2D eigenvalue weighted by atomic mass is 35.5. The van der Waals surface area contributed by atoms with E-state index in [1.54, 1.807) is 0 Å². The predicted octanol–water partition coefficient (Wildman–Crippen LogP) is 6.20. The Labute approximate surface area is 181 Å². The van der Waals surface area contributed by atoms with Crippen molar-refractivity contribution in [1.82, 2.24) is 4.90 Å². The van der Waals surface area contributed by atoms with Crippen molar-refractivity contribution < 1.29 is 9.59 Å². The molecule has 158 valence electrons. The second-order valence-corrected chi connectivity index (χ2v) is 9.72. The number of halogens is 1. The molecule has 0 fully saturated rings. The first-order valence-corrected chi connectivity index (χ1v) is 9.84. The molecule has 0 saturated heterocycles. The largest absolute Gasteiger partial charge is 0.298 e. The maximum absolute atomic E-state index is 12.3.